The van der Waals surface area contributed by atoms with Gasteiger partial charge in [-0.05, 0) is 47.0 Å². The van der Waals surface area contributed by atoms with Crippen LogP contribution in [0.2, 0.25) is 0 Å². The summed E-state index contributed by atoms with van der Waals surface area (Å²) in [6.07, 6.45) is 0.760. The summed E-state index contributed by atoms with van der Waals surface area (Å²) >= 11 is 3.12. The first kappa shape index (κ1) is 15.7. The molecule has 0 unspecified atom stereocenters. The Labute approximate surface area is 132 Å². The number of rotatable bonds is 5. The summed E-state index contributed by atoms with van der Waals surface area (Å²) < 4.78 is 14.3. The largest absolute Gasteiger partial charge is 0.339 e. The van der Waals surface area contributed by atoms with Gasteiger partial charge in [-0.25, -0.2) is 4.39 Å². The Morgan fingerprint density at radius 1 is 1.14 bits per heavy atom. The minimum absolute atomic E-state index is 0.110. The molecule has 21 heavy (non-hydrogen) atoms. The van der Waals surface area contributed by atoms with Crippen LogP contribution in [-0.2, 0) is 6.42 Å². The van der Waals surface area contributed by atoms with Crippen LogP contribution in [0.25, 0.3) is 0 Å². The van der Waals surface area contributed by atoms with E-state index in [1.165, 1.54) is 11.6 Å². The van der Waals surface area contributed by atoms with Crippen molar-refractivity contribution < 1.29 is 9.18 Å². The van der Waals surface area contributed by atoms with Crippen LogP contribution in [0.15, 0.2) is 53.0 Å². The normalized spacial score (nSPS) is 10.4. The number of benzene rings is 2. The molecule has 110 valence electrons. The van der Waals surface area contributed by atoms with Crippen molar-refractivity contribution in [3.8, 4) is 0 Å². The predicted molar refractivity (Wildman–Crippen MR) is 85.8 cm³/mol. The third kappa shape index (κ3) is 3.91. The third-order valence-corrected chi connectivity index (χ3v) is 3.98. The van der Waals surface area contributed by atoms with Gasteiger partial charge in [0.25, 0.3) is 5.91 Å². The van der Waals surface area contributed by atoms with Gasteiger partial charge in [0.05, 0.1) is 10.0 Å². The van der Waals surface area contributed by atoms with E-state index >= 15 is 0 Å². The standard InChI is InChI=1S/C17H17BrFNO/c1-2-20(12-11-13-7-4-3-5-8-13)17(21)14-9-6-10-15(18)16(14)19/h3-10H,2,11-12H2,1H3. The van der Waals surface area contributed by atoms with Crippen molar-refractivity contribution in [3.63, 3.8) is 0 Å². The predicted octanol–water partition coefficient (Wildman–Crippen LogP) is 4.29. The molecule has 0 aliphatic carbocycles. The summed E-state index contributed by atoms with van der Waals surface area (Å²) in [6.45, 7) is 3.03. The van der Waals surface area contributed by atoms with Gasteiger partial charge in [0.2, 0.25) is 0 Å². The Bertz CT molecular complexity index is 615. The molecule has 4 heteroatoms. The molecule has 2 rings (SSSR count). The van der Waals surface area contributed by atoms with Gasteiger partial charge in [-0.1, -0.05) is 36.4 Å². The van der Waals surface area contributed by atoms with E-state index < -0.39 is 5.82 Å². The van der Waals surface area contributed by atoms with E-state index in [1.54, 1.807) is 17.0 Å². The molecule has 0 aromatic heterocycles. The van der Waals surface area contributed by atoms with Crippen LogP contribution in [0.3, 0.4) is 0 Å². The fourth-order valence-electron chi connectivity index (χ4n) is 2.15. The van der Waals surface area contributed by atoms with E-state index in [4.69, 9.17) is 0 Å². The highest BCUT2D eigenvalue weighted by Crippen LogP contribution is 2.20. The molecule has 0 saturated carbocycles. The van der Waals surface area contributed by atoms with Crippen molar-refractivity contribution in [2.45, 2.75) is 13.3 Å². The van der Waals surface area contributed by atoms with Crippen LogP contribution < -0.4 is 0 Å². The third-order valence-electron chi connectivity index (χ3n) is 3.36. The molecular weight excluding hydrogens is 333 g/mol. The number of carbonyl (C=O) groups excluding carboxylic acids is 1. The Hall–Kier alpha value is -1.68. The maximum Gasteiger partial charge on any atom is 0.256 e. The van der Waals surface area contributed by atoms with Crippen molar-refractivity contribution in [1.29, 1.82) is 0 Å². The molecule has 0 aliphatic rings. The first-order valence-corrected chi connectivity index (χ1v) is 7.70. The molecule has 0 spiro atoms. The van der Waals surface area contributed by atoms with Crippen LogP contribution in [0.4, 0.5) is 4.39 Å². The topological polar surface area (TPSA) is 20.3 Å². The molecule has 0 radical (unpaired) electrons. The first-order valence-electron chi connectivity index (χ1n) is 6.90. The van der Waals surface area contributed by atoms with Gasteiger partial charge in [-0.3, -0.25) is 4.79 Å². The lowest BCUT2D eigenvalue weighted by Crippen LogP contribution is -2.33. The monoisotopic (exact) mass is 349 g/mol. The number of nitrogens with zero attached hydrogens (tertiary/aromatic N) is 1. The fraction of sp³-hybridized carbons (Fsp3) is 0.235. The molecule has 0 fully saturated rings. The number of amides is 1. The van der Waals surface area contributed by atoms with Gasteiger partial charge in [0.15, 0.2) is 0 Å². The van der Waals surface area contributed by atoms with E-state index in [0.29, 0.717) is 17.6 Å². The zero-order chi connectivity index (χ0) is 15.2. The van der Waals surface area contributed by atoms with E-state index in [1.807, 2.05) is 37.3 Å². The Balaban J connectivity index is 2.10. The summed E-state index contributed by atoms with van der Waals surface area (Å²) in [7, 11) is 0. The number of halogens is 2. The first-order chi connectivity index (χ1) is 10.1. The molecule has 2 aromatic rings. The van der Waals surface area contributed by atoms with E-state index in [0.717, 1.165) is 6.42 Å². The Morgan fingerprint density at radius 2 is 1.86 bits per heavy atom. The average Bonchev–Trinajstić information content (AvgIpc) is 2.51. The zero-order valence-corrected chi connectivity index (χ0v) is 13.4. The second-order valence-electron chi connectivity index (χ2n) is 4.72. The van der Waals surface area contributed by atoms with Crippen molar-refractivity contribution in [1.82, 2.24) is 4.90 Å². The highest BCUT2D eigenvalue weighted by Gasteiger charge is 2.19. The Morgan fingerprint density at radius 3 is 2.52 bits per heavy atom. The number of likely N-dealkylation sites (N-methyl/N-ethyl adjacent to an activating group) is 1. The molecule has 0 saturated heterocycles. The minimum Gasteiger partial charge on any atom is -0.339 e. The van der Waals surface area contributed by atoms with Crippen LogP contribution in [0, 0.1) is 5.82 Å². The molecule has 0 atom stereocenters. The van der Waals surface area contributed by atoms with Gasteiger partial charge in [-0.2, -0.15) is 0 Å². The SMILES string of the molecule is CCN(CCc1ccccc1)C(=O)c1cccc(Br)c1F. The summed E-state index contributed by atoms with van der Waals surface area (Å²) in [5.41, 5.74) is 1.28. The molecule has 1 amide bonds. The quantitative estimate of drug-likeness (QED) is 0.788. The molecule has 0 aliphatic heterocycles. The highest BCUT2D eigenvalue weighted by atomic mass is 79.9. The number of hydrogen-bond donors (Lipinski definition) is 0. The lowest BCUT2D eigenvalue weighted by molar-refractivity contribution is 0.0761. The van der Waals surface area contributed by atoms with Crippen molar-refractivity contribution >= 4 is 21.8 Å². The maximum atomic E-state index is 14.0. The molecule has 2 nitrogen and oxygen atoms in total. The van der Waals surface area contributed by atoms with Gasteiger partial charge >= 0.3 is 0 Å². The number of carbonyl (C=O) groups is 1. The van der Waals surface area contributed by atoms with Crippen molar-refractivity contribution in [2.24, 2.45) is 0 Å². The van der Waals surface area contributed by atoms with E-state index in [9.17, 15) is 9.18 Å². The van der Waals surface area contributed by atoms with Crippen LogP contribution in [-0.4, -0.2) is 23.9 Å². The summed E-state index contributed by atoms with van der Waals surface area (Å²) in [4.78, 5) is 14.1. The van der Waals surface area contributed by atoms with Crippen LogP contribution >= 0.6 is 15.9 Å². The van der Waals surface area contributed by atoms with Gasteiger partial charge in [0.1, 0.15) is 5.82 Å². The van der Waals surface area contributed by atoms with Crippen molar-refractivity contribution in [3.05, 3.63) is 69.9 Å². The molecule has 0 heterocycles. The van der Waals surface area contributed by atoms with Gasteiger partial charge in [0, 0.05) is 13.1 Å². The Kier molecular flexibility index (Phi) is 5.51. The lowest BCUT2D eigenvalue weighted by atomic mass is 10.1. The lowest BCUT2D eigenvalue weighted by Gasteiger charge is -2.21. The molecule has 0 N–H and O–H groups in total. The summed E-state index contributed by atoms with van der Waals surface area (Å²) in [5.74, 6) is -0.770. The van der Waals surface area contributed by atoms with Gasteiger partial charge in [-0.15, -0.1) is 0 Å². The zero-order valence-electron chi connectivity index (χ0n) is 11.9. The molecule has 0 bridgehead atoms. The summed E-state index contributed by atoms with van der Waals surface area (Å²) in [6, 6.07) is 14.7. The maximum absolute atomic E-state index is 14.0. The minimum atomic E-state index is -0.499. The van der Waals surface area contributed by atoms with Crippen LogP contribution in [0.5, 0.6) is 0 Å². The smallest absolute Gasteiger partial charge is 0.256 e. The van der Waals surface area contributed by atoms with E-state index in [-0.39, 0.29) is 11.5 Å². The van der Waals surface area contributed by atoms with Crippen molar-refractivity contribution in [2.75, 3.05) is 13.1 Å². The second-order valence-corrected chi connectivity index (χ2v) is 5.58. The van der Waals surface area contributed by atoms with Gasteiger partial charge < -0.3 is 4.90 Å². The summed E-state index contributed by atoms with van der Waals surface area (Å²) in [5, 5.41) is 0. The second kappa shape index (κ2) is 7.36. The molecule has 2 aromatic carbocycles. The van der Waals surface area contributed by atoms with E-state index in [2.05, 4.69) is 15.9 Å². The average molecular weight is 350 g/mol. The van der Waals surface area contributed by atoms with Crippen LogP contribution in [0.1, 0.15) is 22.8 Å². The fourth-order valence-corrected chi connectivity index (χ4v) is 2.52. The number of hydrogen-bond acceptors (Lipinski definition) is 1. The molecular formula is C17H17BrFNO. The highest BCUT2D eigenvalue weighted by molar-refractivity contribution is 9.10.